The lowest BCUT2D eigenvalue weighted by Gasteiger charge is -2.36. The van der Waals surface area contributed by atoms with Crippen molar-refractivity contribution >= 4 is 18.0 Å². The van der Waals surface area contributed by atoms with E-state index in [9.17, 15) is 14.4 Å². The van der Waals surface area contributed by atoms with Crippen LogP contribution in [0.25, 0.3) is 0 Å². The number of carbonyl (C=O) groups is 3. The lowest BCUT2D eigenvalue weighted by molar-refractivity contribution is -0.140. The van der Waals surface area contributed by atoms with Crippen LogP contribution in [0.15, 0.2) is 0 Å². The number of fused-ring (bicyclic) bond motifs is 2. The van der Waals surface area contributed by atoms with Gasteiger partial charge in [0, 0.05) is 13.1 Å². The van der Waals surface area contributed by atoms with Crippen molar-refractivity contribution in [3.8, 4) is 0 Å². The minimum Gasteiger partial charge on any atom is -0.444 e. The molecule has 3 saturated heterocycles. The summed E-state index contributed by atoms with van der Waals surface area (Å²) in [5, 5.41) is 1.44. The van der Waals surface area contributed by atoms with Crippen molar-refractivity contribution in [2.24, 2.45) is 0 Å². The number of nitrogens with one attached hydrogen (secondary N) is 1. The van der Waals surface area contributed by atoms with E-state index in [2.05, 4.69) is 12.4 Å². The van der Waals surface area contributed by atoms with Gasteiger partial charge in [-0.2, -0.15) is 5.06 Å². The van der Waals surface area contributed by atoms with Gasteiger partial charge < -0.3 is 14.5 Å². The number of hydrogen-bond acceptors (Lipinski definition) is 6. The Balaban J connectivity index is 1.48. The average Bonchev–Trinajstić information content (AvgIpc) is 2.97. The third kappa shape index (κ3) is 6.04. The van der Waals surface area contributed by atoms with Crippen molar-refractivity contribution in [3.63, 3.8) is 0 Å². The molecule has 32 heavy (non-hydrogen) atoms. The second-order valence-electron chi connectivity index (χ2n) is 9.80. The van der Waals surface area contributed by atoms with Gasteiger partial charge in [0.2, 0.25) is 0 Å². The summed E-state index contributed by atoms with van der Waals surface area (Å²) in [6, 6.07) is -1.00. The summed E-state index contributed by atoms with van der Waals surface area (Å²) in [7, 11) is 0. The largest absolute Gasteiger partial charge is 0.444 e. The molecule has 3 atom stereocenters. The smallest absolute Gasteiger partial charge is 0.410 e. The highest BCUT2D eigenvalue weighted by atomic mass is 16.7. The van der Waals surface area contributed by atoms with Crippen LogP contribution >= 0.6 is 0 Å². The van der Waals surface area contributed by atoms with Crippen molar-refractivity contribution < 1.29 is 28.8 Å². The molecule has 0 aromatic heterocycles. The predicted octanol–water partition coefficient (Wildman–Crippen LogP) is 2.82. The first-order valence-electron chi connectivity index (χ1n) is 11.8. The summed E-state index contributed by atoms with van der Waals surface area (Å²) in [4.78, 5) is 52.4. The summed E-state index contributed by atoms with van der Waals surface area (Å²) in [6.07, 6.45) is 5.48. The van der Waals surface area contributed by atoms with Crippen LogP contribution in [-0.4, -0.2) is 82.9 Å². The lowest BCUT2D eigenvalue weighted by Crippen LogP contribution is -2.52. The van der Waals surface area contributed by atoms with Gasteiger partial charge in [0.1, 0.15) is 11.6 Å². The Labute approximate surface area is 190 Å². The van der Waals surface area contributed by atoms with Gasteiger partial charge in [-0.1, -0.05) is 13.3 Å². The molecule has 0 unspecified atom stereocenters. The lowest BCUT2D eigenvalue weighted by atomic mass is 10.0. The Kier molecular flexibility index (Phi) is 8.21. The number of likely N-dealkylation sites (tertiary alicyclic amines) is 1. The highest BCUT2D eigenvalue weighted by Gasteiger charge is 2.48. The number of ether oxygens (including phenoxy) is 1. The number of urea groups is 1. The van der Waals surface area contributed by atoms with Gasteiger partial charge in [-0.05, 0) is 59.3 Å². The second kappa shape index (κ2) is 10.7. The summed E-state index contributed by atoms with van der Waals surface area (Å²) in [6.45, 7) is 9.36. The number of nitrogens with zero attached hydrogens (tertiary/aromatic N) is 3. The van der Waals surface area contributed by atoms with Gasteiger partial charge in [-0.25, -0.2) is 15.1 Å². The third-order valence-corrected chi connectivity index (χ3v) is 6.06. The number of hydrogen-bond donors (Lipinski definition) is 1. The zero-order valence-electron chi connectivity index (χ0n) is 19.8. The molecule has 0 aliphatic carbocycles. The molecular weight excluding hydrogens is 416 g/mol. The van der Waals surface area contributed by atoms with Crippen molar-refractivity contribution in [1.29, 1.82) is 0 Å². The van der Waals surface area contributed by atoms with Crippen molar-refractivity contribution in [2.75, 3.05) is 26.3 Å². The molecule has 4 amide bonds. The molecule has 1 N–H and O–H groups in total. The van der Waals surface area contributed by atoms with Crippen LogP contribution in [0, 0.1) is 0 Å². The van der Waals surface area contributed by atoms with E-state index in [1.807, 2.05) is 20.8 Å². The standard InChI is InChI=1S/C22H38N4O6/c1-5-6-13-31-26-16-10-11-18(25(14-16)20(26)28)19(27)23-30-15-17-9-7-8-12-24(17)21(29)32-22(2,3)4/h16-18H,5-15H2,1-4H3,(H,23,27)/t16-,17+,18-/m0/s1. The zero-order chi connectivity index (χ0) is 23.3. The first-order valence-corrected chi connectivity index (χ1v) is 11.8. The maximum Gasteiger partial charge on any atom is 0.410 e. The van der Waals surface area contributed by atoms with Gasteiger partial charge in [-0.3, -0.25) is 14.5 Å². The summed E-state index contributed by atoms with van der Waals surface area (Å²) in [5.41, 5.74) is 1.94. The van der Waals surface area contributed by atoms with Crippen LogP contribution in [0.2, 0.25) is 0 Å². The van der Waals surface area contributed by atoms with E-state index in [0.717, 1.165) is 32.1 Å². The molecule has 0 aromatic carbocycles. The van der Waals surface area contributed by atoms with Crippen LogP contribution in [0.1, 0.15) is 72.6 Å². The van der Waals surface area contributed by atoms with Crippen LogP contribution in [0.5, 0.6) is 0 Å². The Morgan fingerprint density at radius 2 is 1.94 bits per heavy atom. The molecule has 10 nitrogen and oxygen atoms in total. The number of amides is 4. The van der Waals surface area contributed by atoms with Gasteiger partial charge in [0.15, 0.2) is 0 Å². The number of unbranched alkanes of at least 4 members (excludes halogenated alkanes) is 1. The molecule has 0 radical (unpaired) electrons. The van der Waals surface area contributed by atoms with Crippen LogP contribution in [-0.2, 0) is 19.2 Å². The molecule has 3 fully saturated rings. The monoisotopic (exact) mass is 454 g/mol. The molecule has 3 aliphatic heterocycles. The Morgan fingerprint density at radius 3 is 2.66 bits per heavy atom. The minimum atomic E-state index is -0.577. The second-order valence-corrected chi connectivity index (χ2v) is 9.80. The molecule has 3 aliphatic rings. The Morgan fingerprint density at radius 1 is 1.16 bits per heavy atom. The average molecular weight is 455 g/mol. The Hall–Kier alpha value is -2.07. The van der Waals surface area contributed by atoms with E-state index >= 15 is 0 Å². The predicted molar refractivity (Wildman–Crippen MR) is 116 cm³/mol. The zero-order valence-corrected chi connectivity index (χ0v) is 19.8. The van der Waals surface area contributed by atoms with E-state index in [0.29, 0.717) is 32.5 Å². The number of carbonyl (C=O) groups excluding carboxylic acids is 3. The summed E-state index contributed by atoms with van der Waals surface area (Å²) >= 11 is 0. The maximum atomic E-state index is 12.7. The van der Waals surface area contributed by atoms with Gasteiger partial charge in [0.25, 0.3) is 5.91 Å². The van der Waals surface area contributed by atoms with E-state index < -0.39 is 11.6 Å². The summed E-state index contributed by atoms with van der Waals surface area (Å²) < 4.78 is 5.50. The highest BCUT2D eigenvalue weighted by Crippen LogP contribution is 2.30. The number of rotatable bonds is 8. The molecule has 3 heterocycles. The molecule has 10 heteroatoms. The first kappa shape index (κ1) is 24.6. The quantitative estimate of drug-likeness (QED) is 0.447. The van der Waals surface area contributed by atoms with Gasteiger partial charge >= 0.3 is 12.1 Å². The van der Waals surface area contributed by atoms with E-state index in [1.165, 1.54) is 5.06 Å². The molecular formula is C22H38N4O6. The van der Waals surface area contributed by atoms with Crippen LogP contribution in [0.3, 0.4) is 0 Å². The molecule has 0 spiro atoms. The fourth-order valence-corrected chi connectivity index (χ4v) is 4.39. The van der Waals surface area contributed by atoms with E-state index in [-0.39, 0.29) is 36.7 Å². The van der Waals surface area contributed by atoms with Crippen LogP contribution in [0.4, 0.5) is 9.59 Å². The SMILES string of the molecule is CCCCON1C(=O)N2C[C@@H]1CC[C@H]2C(=O)NOC[C@H]1CCCCN1C(=O)OC(C)(C)C. The van der Waals surface area contributed by atoms with E-state index in [1.54, 1.807) is 9.80 Å². The highest BCUT2D eigenvalue weighted by molar-refractivity contribution is 5.88. The maximum absolute atomic E-state index is 12.7. The fraction of sp³-hybridized carbons (Fsp3) is 0.864. The van der Waals surface area contributed by atoms with E-state index in [4.69, 9.17) is 14.4 Å². The summed E-state index contributed by atoms with van der Waals surface area (Å²) in [5.74, 6) is -0.341. The normalized spacial score (nSPS) is 25.8. The van der Waals surface area contributed by atoms with Gasteiger partial charge in [-0.15, -0.1) is 0 Å². The fourth-order valence-electron chi connectivity index (χ4n) is 4.39. The molecule has 3 rings (SSSR count). The molecule has 0 aromatic rings. The first-order chi connectivity index (χ1) is 15.2. The number of piperidine rings is 2. The third-order valence-electron chi connectivity index (χ3n) is 6.06. The number of hydroxylamine groups is 3. The van der Waals surface area contributed by atoms with Crippen LogP contribution < -0.4 is 5.48 Å². The minimum absolute atomic E-state index is 0.00560. The Bertz CT molecular complexity index is 682. The van der Waals surface area contributed by atoms with Crippen molar-refractivity contribution in [3.05, 3.63) is 0 Å². The van der Waals surface area contributed by atoms with Crippen molar-refractivity contribution in [2.45, 2.75) is 96.4 Å². The topological polar surface area (TPSA) is 101 Å². The van der Waals surface area contributed by atoms with Crippen molar-refractivity contribution in [1.82, 2.24) is 20.3 Å². The molecule has 2 bridgehead atoms. The molecule has 182 valence electrons. The molecule has 0 saturated carbocycles. The van der Waals surface area contributed by atoms with Gasteiger partial charge in [0.05, 0.1) is 25.3 Å².